The summed E-state index contributed by atoms with van der Waals surface area (Å²) in [6.45, 7) is 2.34. The fraction of sp³-hybridized carbons (Fsp3) is 1.00. The molecule has 0 aliphatic carbocycles. The Morgan fingerprint density at radius 1 is 1.33 bits per heavy atom. The first-order valence-corrected chi connectivity index (χ1v) is 6.50. The van der Waals surface area contributed by atoms with Crippen LogP contribution in [0, 0.1) is 0 Å². The molecule has 0 aromatic rings. The minimum absolute atomic E-state index is 0.0321. The van der Waals surface area contributed by atoms with Crippen LogP contribution >= 0.6 is 0 Å². The summed E-state index contributed by atoms with van der Waals surface area (Å²) in [4.78, 5) is 0. The largest absolute Gasteiger partial charge is 0.389 e. The topological polar surface area (TPSA) is 87.1 Å². The first-order valence-electron chi connectivity index (χ1n) is 4.89. The molecular formula is C8H17NO5S. The second-order valence-corrected chi connectivity index (χ2v) is 5.55. The minimum Gasteiger partial charge on any atom is -0.389 e. The third kappa shape index (κ3) is 3.39. The highest BCUT2D eigenvalue weighted by Gasteiger charge is 2.36. The summed E-state index contributed by atoms with van der Waals surface area (Å²) < 4.78 is 29.3. The van der Waals surface area contributed by atoms with Gasteiger partial charge in [-0.3, -0.25) is 0 Å². The molecule has 1 aliphatic heterocycles. The van der Waals surface area contributed by atoms with Crippen molar-refractivity contribution in [3.8, 4) is 0 Å². The van der Waals surface area contributed by atoms with Crippen LogP contribution in [-0.4, -0.2) is 67.2 Å². The number of ether oxygens (including phenoxy) is 1. The Morgan fingerprint density at radius 2 is 1.87 bits per heavy atom. The van der Waals surface area contributed by atoms with Gasteiger partial charge < -0.3 is 14.9 Å². The van der Waals surface area contributed by atoms with Gasteiger partial charge in [0.05, 0.1) is 24.6 Å². The van der Waals surface area contributed by atoms with Crippen LogP contribution in [0.4, 0.5) is 0 Å². The number of nitrogens with zero attached hydrogens (tertiary/aromatic N) is 1. The molecule has 0 spiro atoms. The molecule has 0 bridgehead atoms. The van der Waals surface area contributed by atoms with Gasteiger partial charge >= 0.3 is 0 Å². The molecule has 2 unspecified atom stereocenters. The third-order valence-corrected chi connectivity index (χ3v) is 4.08. The number of β-amino-alcohol motifs (C(OH)–C–C–N with tert-alkyl or cyclic N) is 2. The normalized spacial score (nSPS) is 28.5. The van der Waals surface area contributed by atoms with Gasteiger partial charge in [-0.2, -0.15) is 4.31 Å². The Balaban J connectivity index is 2.48. The van der Waals surface area contributed by atoms with E-state index in [0.29, 0.717) is 6.61 Å². The van der Waals surface area contributed by atoms with Crippen molar-refractivity contribution < 1.29 is 23.4 Å². The van der Waals surface area contributed by atoms with Gasteiger partial charge in [0.2, 0.25) is 10.0 Å². The minimum atomic E-state index is -3.41. The molecule has 1 saturated heterocycles. The number of aliphatic hydroxyl groups excluding tert-OH is 2. The van der Waals surface area contributed by atoms with E-state index in [4.69, 9.17) is 4.74 Å². The van der Waals surface area contributed by atoms with Gasteiger partial charge in [-0.05, 0) is 6.92 Å². The zero-order chi connectivity index (χ0) is 11.5. The smallest absolute Gasteiger partial charge is 0.216 e. The van der Waals surface area contributed by atoms with Gasteiger partial charge in [-0.25, -0.2) is 8.42 Å². The summed E-state index contributed by atoms with van der Waals surface area (Å²) in [6, 6.07) is 0. The standard InChI is InChI=1S/C8H17NO5S/c1-2-14-3-4-15(12,13)9-5-7(10)8(11)6-9/h7-8,10-11H,2-6H2,1H3. The van der Waals surface area contributed by atoms with E-state index in [-0.39, 0.29) is 25.4 Å². The molecule has 6 nitrogen and oxygen atoms in total. The maximum absolute atomic E-state index is 11.6. The Kier molecular flexibility index (Phi) is 4.47. The second-order valence-electron chi connectivity index (χ2n) is 3.46. The third-order valence-electron chi connectivity index (χ3n) is 2.31. The van der Waals surface area contributed by atoms with Crippen LogP contribution in [0.25, 0.3) is 0 Å². The number of hydrogen-bond acceptors (Lipinski definition) is 5. The van der Waals surface area contributed by atoms with Crippen molar-refractivity contribution in [2.45, 2.75) is 19.1 Å². The number of sulfonamides is 1. The summed E-state index contributed by atoms with van der Waals surface area (Å²) in [5.41, 5.74) is 0. The van der Waals surface area contributed by atoms with E-state index in [9.17, 15) is 18.6 Å². The Bertz CT molecular complexity index is 281. The zero-order valence-corrected chi connectivity index (χ0v) is 9.48. The molecule has 0 radical (unpaired) electrons. The average Bonchev–Trinajstić information content (AvgIpc) is 2.48. The Labute approximate surface area is 89.5 Å². The van der Waals surface area contributed by atoms with Crippen molar-refractivity contribution >= 4 is 10.0 Å². The first-order chi connectivity index (χ1) is 6.97. The predicted octanol–water partition coefficient (Wildman–Crippen LogP) is -1.61. The van der Waals surface area contributed by atoms with Gasteiger partial charge in [0.15, 0.2) is 0 Å². The molecule has 1 heterocycles. The molecule has 2 N–H and O–H groups in total. The fourth-order valence-electron chi connectivity index (χ4n) is 1.40. The van der Waals surface area contributed by atoms with Crippen LogP contribution in [0.5, 0.6) is 0 Å². The van der Waals surface area contributed by atoms with Crippen LogP contribution in [0.3, 0.4) is 0 Å². The molecule has 90 valence electrons. The summed E-state index contributed by atoms with van der Waals surface area (Å²) >= 11 is 0. The lowest BCUT2D eigenvalue weighted by Gasteiger charge is -2.15. The highest BCUT2D eigenvalue weighted by molar-refractivity contribution is 7.89. The van der Waals surface area contributed by atoms with Crippen LogP contribution in [-0.2, 0) is 14.8 Å². The van der Waals surface area contributed by atoms with Crippen molar-refractivity contribution in [2.75, 3.05) is 32.1 Å². The molecule has 0 saturated carbocycles. The van der Waals surface area contributed by atoms with E-state index in [1.165, 1.54) is 0 Å². The van der Waals surface area contributed by atoms with Gasteiger partial charge in [0.1, 0.15) is 0 Å². The monoisotopic (exact) mass is 239 g/mol. The first kappa shape index (κ1) is 12.9. The predicted molar refractivity (Wildman–Crippen MR) is 53.9 cm³/mol. The summed E-state index contributed by atoms with van der Waals surface area (Å²) in [6.07, 6.45) is -1.96. The van der Waals surface area contributed by atoms with Crippen LogP contribution in [0.1, 0.15) is 6.92 Å². The molecule has 1 rings (SSSR count). The molecule has 0 aromatic carbocycles. The molecule has 0 amide bonds. The summed E-state index contributed by atoms with van der Waals surface area (Å²) in [7, 11) is -3.41. The van der Waals surface area contributed by atoms with Gasteiger partial charge in [0, 0.05) is 19.7 Å². The number of aliphatic hydroxyl groups is 2. The van der Waals surface area contributed by atoms with Gasteiger partial charge in [-0.15, -0.1) is 0 Å². The lowest BCUT2D eigenvalue weighted by molar-refractivity contribution is 0.0572. The molecular weight excluding hydrogens is 222 g/mol. The van der Waals surface area contributed by atoms with E-state index in [2.05, 4.69) is 0 Å². The summed E-state index contributed by atoms with van der Waals surface area (Å²) in [5.74, 6) is -0.111. The Hall–Kier alpha value is -0.210. The van der Waals surface area contributed by atoms with Gasteiger partial charge in [0.25, 0.3) is 0 Å². The van der Waals surface area contributed by atoms with E-state index < -0.39 is 22.2 Å². The SMILES string of the molecule is CCOCCS(=O)(=O)N1CC(O)C(O)C1. The van der Waals surface area contributed by atoms with Crippen LogP contribution in [0.15, 0.2) is 0 Å². The van der Waals surface area contributed by atoms with Crippen molar-refractivity contribution in [3.05, 3.63) is 0 Å². The maximum Gasteiger partial charge on any atom is 0.216 e. The second kappa shape index (κ2) is 5.22. The van der Waals surface area contributed by atoms with E-state index in [0.717, 1.165) is 4.31 Å². The zero-order valence-electron chi connectivity index (χ0n) is 8.66. The lowest BCUT2D eigenvalue weighted by atomic mass is 10.3. The lowest BCUT2D eigenvalue weighted by Crippen LogP contribution is -2.33. The average molecular weight is 239 g/mol. The van der Waals surface area contributed by atoms with E-state index >= 15 is 0 Å². The van der Waals surface area contributed by atoms with E-state index in [1.54, 1.807) is 6.92 Å². The number of rotatable bonds is 5. The van der Waals surface area contributed by atoms with Crippen LogP contribution in [0.2, 0.25) is 0 Å². The van der Waals surface area contributed by atoms with Crippen molar-refractivity contribution in [2.24, 2.45) is 0 Å². The maximum atomic E-state index is 11.6. The Morgan fingerprint density at radius 3 is 2.33 bits per heavy atom. The van der Waals surface area contributed by atoms with Crippen molar-refractivity contribution in [3.63, 3.8) is 0 Å². The molecule has 2 atom stereocenters. The fourth-order valence-corrected chi connectivity index (χ4v) is 2.75. The van der Waals surface area contributed by atoms with E-state index in [1.807, 2.05) is 0 Å². The molecule has 0 aromatic heterocycles. The van der Waals surface area contributed by atoms with Crippen LogP contribution < -0.4 is 0 Å². The van der Waals surface area contributed by atoms with Gasteiger partial charge in [-0.1, -0.05) is 0 Å². The summed E-state index contributed by atoms with van der Waals surface area (Å²) in [5, 5.41) is 18.4. The quantitative estimate of drug-likeness (QED) is 0.564. The van der Waals surface area contributed by atoms with Crippen molar-refractivity contribution in [1.82, 2.24) is 4.31 Å². The molecule has 1 fully saturated rings. The highest BCUT2D eigenvalue weighted by Crippen LogP contribution is 2.14. The van der Waals surface area contributed by atoms with Crippen molar-refractivity contribution in [1.29, 1.82) is 0 Å². The molecule has 7 heteroatoms. The molecule has 1 aliphatic rings. The molecule has 15 heavy (non-hydrogen) atoms. The highest BCUT2D eigenvalue weighted by atomic mass is 32.2. The number of hydrogen-bond donors (Lipinski definition) is 2.